The Morgan fingerprint density at radius 3 is 2.79 bits per heavy atom. The van der Waals surface area contributed by atoms with Crippen LogP contribution in [0.1, 0.15) is 30.4 Å². The van der Waals surface area contributed by atoms with Crippen LogP contribution in [-0.2, 0) is 17.6 Å². The summed E-state index contributed by atoms with van der Waals surface area (Å²) in [5.41, 5.74) is 2.94. The predicted octanol–water partition coefficient (Wildman–Crippen LogP) is 4.09. The Hall–Kier alpha value is -2.24. The fraction of sp³-hybridized carbons (Fsp3) is 0.435. The molecule has 1 fully saturated rings. The number of nitrogens with zero attached hydrogens (tertiary/aromatic N) is 1. The highest BCUT2D eigenvalue weighted by Gasteiger charge is 2.14. The van der Waals surface area contributed by atoms with E-state index in [2.05, 4.69) is 16.3 Å². The lowest BCUT2D eigenvalue weighted by atomic mass is 10.0. The SMILES string of the molecule is Cl.O=C(Cc1ccc2c(c1)CCCO2)Nc1ccccc1OCCN1CCCC1. The number of amides is 1. The summed E-state index contributed by atoms with van der Waals surface area (Å²) in [6, 6.07) is 13.7. The molecule has 29 heavy (non-hydrogen) atoms. The predicted molar refractivity (Wildman–Crippen MR) is 117 cm³/mol. The van der Waals surface area contributed by atoms with Crippen LogP contribution in [0.15, 0.2) is 42.5 Å². The van der Waals surface area contributed by atoms with Gasteiger partial charge in [0.15, 0.2) is 0 Å². The second-order valence-electron chi connectivity index (χ2n) is 7.51. The van der Waals surface area contributed by atoms with Gasteiger partial charge in [-0.25, -0.2) is 0 Å². The van der Waals surface area contributed by atoms with E-state index in [0.717, 1.165) is 61.8 Å². The van der Waals surface area contributed by atoms with Gasteiger partial charge in [-0.15, -0.1) is 12.4 Å². The van der Waals surface area contributed by atoms with Gasteiger partial charge in [-0.3, -0.25) is 9.69 Å². The Bertz CT molecular complexity index is 822. The first kappa shape index (κ1) is 21.5. The number of likely N-dealkylation sites (tertiary alicyclic amines) is 1. The number of aryl methyl sites for hydroxylation is 1. The third kappa shape index (κ3) is 5.87. The molecule has 4 rings (SSSR count). The van der Waals surface area contributed by atoms with Gasteiger partial charge in [0, 0.05) is 6.54 Å². The van der Waals surface area contributed by atoms with E-state index < -0.39 is 0 Å². The van der Waals surface area contributed by atoms with Crippen molar-refractivity contribution in [2.24, 2.45) is 0 Å². The standard InChI is InChI=1S/C23H28N2O3.ClH/c26-23(17-18-9-10-21-19(16-18)6-5-14-27-21)24-20-7-1-2-8-22(20)28-15-13-25-11-3-4-12-25;/h1-2,7-10,16H,3-6,11-15,17H2,(H,24,26);1H. The van der Waals surface area contributed by atoms with Crippen molar-refractivity contribution in [3.63, 3.8) is 0 Å². The van der Waals surface area contributed by atoms with E-state index in [0.29, 0.717) is 13.0 Å². The summed E-state index contributed by atoms with van der Waals surface area (Å²) in [6.45, 7) is 4.67. The van der Waals surface area contributed by atoms with E-state index >= 15 is 0 Å². The zero-order chi connectivity index (χ0) is 19.2. The Morgan fingerprint density at radius 2 is 1.93 bits per heavy atom. The molecule has 2 aromatic carbocycles. The summed E-state index contributed by atoms with van der Waals surface area (Å²) in [6.07, 6.45) is 4.95. The van der Waals surface area contributed by atoms with Crippen LogP contribution in [0.3, 0.4) is 0 Å². The number of hydrogen-bond acceptors (Lipinski definition) is 4. The lowest BCUT2D eigenvalue weighted by molar-refractivity contribution is -0.115. The Labute approximate surface area is 178 Å². The van der Waals surface area contributed by atoms with Crippen molar-refractivity contribution in [1.29, 1.82) is 0 Å². The molecule has 0 aromatic heterocycles. The van der Waals surface area contributed by atoms with Crippen molar-refractivity contribution in [3.8, 4) is 11.5 Å². The molecule has 0 aliphatic carbocycles. The summed E-state index contributed by atoms with van der Waals surface area (Å²) >= 11 is 0. The highest BCUT2D eigenvalue weighted by Crippen LogP contribution is 2.27. The second kappa shape index (κ2) is 10.5. The van der Waals surface area contributed by atoms with Crippen LogP contribution in [0.2, 0.25) is 0 Å². The highest BCUT2D eigenvalue weighted by molar-refractivity contribution is 5.93. The van der Waals surface area contributed by atoms with Gasteiger partial charge in [-0.05, 0) is 68.1 Å². The molecular formula is C23H29ClN2O3. The lowest BCUT2D eigenvalue weighted by Crippen LogP contribution is -2.25. The van der Waals surface area contributed by atoms with Crippen molar-refractivity contribution >= 4 is 24.0 Å². The molecule has 2 heterocycles. The second-order valence-corrected chi connectivity index (χ2v) is 7.51. The third-order valence-corrected chi connectivity index (χ3v) is 5.36. The minimum Gasteiger partial charge on any atom is -0.493 e. The van der Waals surface area contributed by atoms with E-state index in [1.54, 1.807) is 0 Å². The molecule has 0 spiro atoms. The number of ether oxygens (including phenoxy) is 2. The molecule has 1 saturated heterocycles. The first-order valence-electron chi connectivity index (χ1n) is 10.3. The summed E-state index contributed by atoms with van der Waals surface area (Å²) < 4.78 is 11.6. The van der Waals surface area contributed by atoms with Gasteiger partial charge in [0.05, 0.1) is 18.7 Å². The van der Waals surface area contributed by atoms with E-state index in [-0.39, 0.29) is 18.3 Å². The van der Waals surface area contributed by atoms with E-state index in [4.69, 9.17) is 9.47 Å². The third-order valence-electron chi connectivity index (χ3n) is 5.36. The smallest absolute Gasteiger partial charge is 0.228 e. The molecule has 0 bridgehead atoms. The first-order valence-corrected chi connectivity index (χ1v) is 10.3. The normalized spacial score (nSPS) is 15.7. The lowest BCUT2D eigenvalue weighted by Gasteiger charge is -2.18. The molecule has 5 nitrogen and oxygen atoms in total. The summed E-state index contributed by atoms with van der Waals surface area (Å²) in [5.74, 6) is 1.65. The Balaban J connectivity index is 0.00000240. The number of hydrogen-bond donors (Lipinski definition) is 1. The zero-order valence-electron chi connectivity index (χ0n) is 16.7. The molecule has 2 aromatic rings. The zero-order valence-corrected chi connectivity index (χ0v) is 17.5. The van der Waals surface area contributed by atoms with Gasteiger partial charge in [0.25, 0.3) is 0 Å². The van der Waals surface area contributed by atoms with Crippen molar-refractivity contribution in [2.75, 3.05) is 38.2 Å². The number of carbonyl (C=O) groups is 1. The number of halogens is 1. The number of rotatable bonds is 7. The fourth-order valence-corrected chi connectivity index (χ4v) is 3.89. The number of carbonyl (C=O) groups excluding carboxylic acids is 1. The molecule has 2 aliphatic heterocycles. The molecule has 0 unspecified atom stereocenters. The quantitative estimate of drug-likeness (QED) is 0.738. The number of benzene rings is 2. The maximum Gasteiger partial charge on any atom is 0.228 e. The largest absolute Gasteiger partial charge is 0.493 e. The van der Waals surface area contributed by atoms with Crippen LogP contribution < -0.4 is 14.8 Å². The maximum absolute atomic E-state index is 12.6. The van der Waals surface area contributed by atoms with Crippen molar-refractivity contribution in [1.82, 2.24) is 4.90 Å². The average Bonchev–Trinajstić information content (AvgIpc) is 3.23. The van der Waals surface area contributed by atoms with E-state index in [9.17, 15) is 4.79 Å². The molecule has 1 amide bonds. The molecule has 0 saturated carbocycles. The molecule has 1 N–H and O–H groups in total. The van der Waals surface area contributed by atoms with Crippen molar-refractivity contribution in [2.45, 2.75) is 32.1 Å². The van der Waals surface area contributed by atoms with E-state index in [1.807, 2.05) is 36.4 Å². The van der Waals surface area contributed by atoms with Crippen molar-refractivity contribution in [3.05, 3.63) is 53.6 Å². The minimum absolute atomic E-state index is 0. The first-order chi connectivity index (χ1) is 13.8. The van der Waals surface area contributed by atoms with Crippen LogP contribution in [0.5, 0.6) is 11.5 Å². The van der Waals surface area contributed by atoms with Crippen LogP contribution >= 0.6 is 12.4 Å². The highest BCUT2D eigenvalue weighted by atomic mass is 35.5. The Kier molecular flexibility index (Phi) is 7.78. The Morgan fingerprint density at radius 1 is 1.10 bits per heavy atom. The van der Waals surface area contributed by atoms with Gasteiger partial charge in [-0.2, -0.15) is 0 Å². The molecule has 156 valence electrons. The topological polar surface area (TPSA) is 50.8 Å². The average molecular weight is 417 g/mol. The summed E-state index contributed by atoms with van der Waals surface area (Å²) in [5, 5.41) is 3.01. The van der Waals surface area contributed by atoms with Crippen LogP contribution in [0, 0.1) is 0 Å². The fourth-order valence-electron chi connectivity index (χ4n) is 3.89. The number of fused-ring (bicyclic) bond motifs is 1. The van der Waals surface area contributed by atoms with Gasteiger partial charge in [0.2, 0.25) is 5.91 Å². The molecule has 0 atom stereocenters. The van der Waals surface area contributed by atoms with Crippen molar-refractivity contribution < 1.29 is 14.3 Å². The van der Waals surface area contributed by atoms with Gasteiger partial charge in [-0.1, -0.05) is 24.3 Å². The molecule has 6 heteroatoms. The number of para-hydroxylation sites is 2. The summed E-state index contributed by atoms with van der Waals surface area (Å²) in [4.78, 5) is 15.0. The summed E-state index contributed by atoms with van der Waals surface area (Å²) in [7, 11) is 0. The van der Waals surface area contributed by atoms with Crippen LogP contribution in [0.4, 0.5) is 5.69 Å². The van der Waals surface area contributed by atoms with Gasteiger partial charge < -0.3 is 14.8 Å². The van der Waals surface area contributed by atoms with Crippen LogP contribution in [0.25, 0.3) is 0 Å². The minimum atomic E-state index is -0.0349. The molecule has 2 aliphatic rings. The maximum atomic E-state index is 12.6. The molecular weight excluding hydrogens is 388 g/mol. The van der Waals surface area contributed by atoms with Gasteiger partial charge in [0.1, 0.15) is 18.1 Å². The number of anilines is 1. The van der Waals surface area contributed by atoms with Gasteiger partial charge >= 0.3 is 0 Å². The monoisotopic (exact) mass is 416 g/mol. The molecule has 0 radical (unpaired) electrons. The van der Waals surface area contributed by atoms with E-state index in [1.165, 1.54) is 18.4 Å². The van der Waals surface area contributed by atoms with Crippen LogP contribution in [-0.4, -0.2) is 43.7 Å². The number of nitrogens with one attached hydrogen (secondary N) is 1.